The Morgan fingerprint density at radius 1 is 1.20 bits per heavy atom. The second kappa shape index (κ2) is 7.35. The number of hydrogen-bond acceptors (Lipinski definition) is 3. The number of nitrogens with two attached hydrogens (primary N) is 1. The normalized spacial score (nSPS) is 21.3. The molecule has 0 bridgehead atoms. The largest absolute Gasteiger partial charge is 0.435 e. The van der Waals surface area contributed by atoms with E-state index in [0.717, 1.165) is 37.7 Å². The van der Waals surface area contributed by atoms with Crippen molar-refractivity contribution in [1.29, 1.82) is 0 Å². The van der Waals surface area contributed by atoms with E-state index in [0.29, 0.717) is 12.2 Å². The lowest BCUT2D eigenvalue weighted by molar-refractivity contribution is -0.141. The molecule has 1 saturated heterocycles. The Bertz CT molecular complexity index is 699. The lowest BCUT2D eigenvalue weighted by Gasteiger charge is -2.22. The van der Waals surface area contributed by atoms with Crippen LogP contribution >= 0.6 is 12.4 Å². The van der Waals surface area contributed by atoms with Crippen LogP contribution in [0.25, 0.3) is 5.69 Å². The van der Waals surface area contributed by atoms with Gasteiger partial charge in [-0.1, -0.05) is 19.1 Å². The number of alkyl halides is 3. The second-order valence-electron chi connectivity index (χ2n) is 6.79. The number of rotatable bonds is 4. The van der Waals surface area contributed by atoms with Crippen LogP contribution in [0.4, 0.5) is 13.2 Å². The van der Waals surface area contributed by atoms with Crippen LogP contribution in [0, 0.1) is 5.41 Å². The number of halogens is 4. The number of aromatic nitrogens is 2. The minimum atomic E-state index is -4.42. The summed E-state index contributed by atoms with van der Waals surface area (Å²) in [6.45, 7) is 5.70. The van der Waals surface area contributed by atoms with Crippen molar-refractivity contribution in [1.82, 2.24) is 14.7 Å². The Hall–Kier alpha value is -1.57. The second-order valence-corrected chi connectivity index (χ2v) is 6.79. The molecule has 138 valence electrons. The van der Waals surface area contributed by atoms with Crippen LogP contribution in [-0.2, 0) is 12.7 Å². The molecule has 1 atom stereocenters. The molecule has 4 nitrogen and oxygen atoms in total. The molecule has 8 heteroatoms. The van der Waals surface area contributed by atoms with Crippen LogP contribution in [0.15, 0.2) is 36.5 Å². The van der Waals surface area contributed by atoms with E-state index in [1.54, 1.807) is 12.1 Å². The Kier molecular flexibility index (Phi) is 5.81. The molecule has 25 heavy (non-hydrogen) atoms. The van der Waals surface area contributed by atoms with Gasteiger partial charge in [-0.15, -0.1) is 12.4 Å². The summed E-state index contributed by atoms with van der Waals surface area (Å²) >= 11 is 0. The smallest absolute Gasteiger partial charge is 0.330 e. The first kappa shape index (κ1) is 19.8. The summed E-state index contributed by atoms with van der Waals surface area (Å²) in [4.78, 5) is 2.36. The van der Waals surface area contributed by atoms with Gasteiger partial charge in [0.1, 0.15) is 0 Å². The van der Waals surface area contributed by atoms with Gasteiger partial charge in [0.2, 0.25) is 0 Å². The molecule has 1 unspecified atom stereocenters. The first-order valence-electron chi connectivity index (χ1n) is 7.94. The molecule has 1 fully saturated rings. The highest BCUT2D eigenvalue weighted by molar-refractivity contribution is 5.85. The van der Waals surface area contributed by atoms with Gasteiger partial charge in [-0.25, -0.2) is 4.68 Å². The van der Waals surface area contributed by atoms with Crippen LogP contribution < -0.4 is 5.73 Å². The third kappa shape index (κ3) is 4.54. The van der Waals surface area contributed by atoms with Gasteiger partial charge < -0.3 is 5.73 Å². The number of benzene rings is 1. The fraction of sp³-hybridized carbons (Fsp3) is 0.471. The first-order chi connectivity index (χ1) is 11.3. The fourth-order valence-electron chi connectivity index (χ4n) is 3.06. The zero-order chi connectivity index (χ0) is 17.4. The molecule has 1 aromatic carbocycles. The van der Waals surface area contributed by atoms with Crippen molar-refractivity contribution in [2.45, 2.75) is 26.1 Å². The van der Waals surface area contributed by atoms with E-state index in [9.17, 15) is 13.2 Å². The third-order valence-electron chi connectivity index (χ3n) is 4.62. The summed E-state index contributed by atoms with van der Waals surface area (Å²) in [6.07, 6.45) is -2.00. The first-order valence-corrected chi connectivity index (χ1v) is 7.94. The molecule has 1 aliphatic heterocycles. The van der Waals surface area contributed by atoms with E-state index in [2.05, 4.69) is 16.9 Å². The van der Waals surface area contributed by atoms with Crippen molar-refractivity contribution in [3.63, 3.8) is 0 Å². The van der Waals surface area contributed by atoms with Gasteiger partial charge in [-0.05, 0) is 48.7 Å². The van der Waals surface area contributed by atoms with Crippen LogP contribution in [0.3, 0.4) is 0 Å². The van der Waals surface area contributed by atoms with Gasteiger partial charge in [0, 0.05) is 19.3 Å². The van der Waals surface area contributed by atoms with E-state index in [1.165, 1.54) is 10.9 Å². The van der Waals surface area contributed by atoms with Crippen molar-refractivity contribution >= 4 is 12.4 Å². The highest BCUT2D eigenvalue weighted by Crippen LogP contribution is 2.30. The minimum absolute atomic E-state index is 0. The highest BCUT2D eigenvalue weighted by Gasteiger charge is 2.34. The maximum absolute atomic E-state index is 12.6. The average Bonchev–Trinajstić information content (AvgIpc) is 3.16. The van der Waals surface area contributed by atoms with Crippen molar-refractivity contribution in [2.75, 3.05) is 19.6 Å². The molecule has 0 saturated carbocycles. The number of hydrogen-bond donors (Lipinski definition) is 1. The lowest BCUT2D eigenvalue weighted by Crippen LogP contribution is -2.31. The Labute approximate surface area is 151 Å². The van der Waals surface area contributed by atoms with Crippen molar-refractivity contribution in [2.24, 2.45) is 11.1 Å². The maximum atomic E-state index is 12.6. The zero-order valence-electron chi connectivity index (χ0n) is 14.0. The summed E-state index contributed by atoms with van der Waals surface area (Å²) in [5.74, 6) is 0. The number of nitrogens with zero attached hydrogens (tertiary/aromatic N) is 3. The van der Waals surface area contributed by atoms with Gasteiger partial charge in [-0.3, -0.25) is 4.90 Å². The molecule has 0 spiro atoms. The summed E-state index contributed by atoms with van der Waals surface area (Å²) in [5.41, 5.74) is 6.86. The van der Waals surface area contributed by atoms with Crippen LogP contribution in [-0.4, -0.2) is 34.3 Å². The summed E-state index contributed by atoms with van der Waals surface area (Å²) in [7, 11) is 0. The molecule has 1 aromatic heterocycles. The van der Waals surface area contributed by atoms with E-state index >= 15 is 0 Å². The van der Waals surface area contributed by atoms with Crippen molar-refractivity contribution in [3.05, 3.63) is 47.8 Å². The predicted molar refractivity (Wildman–Crippen MR) is 92.9 cm³/mol. The molecule has 0 radical (unpaired) electrons. The van der Waals surface area contributed by atoms with E-state index in [4.69, 9.17) is 5.73 Å². The Balaban J connectivity index is 0.00000225. The maximum Gasteiger partial charge on any atom is 0.435 e. The van der Waals surface area contributed by atoms with Gasteiger partial charge in [0.15, 0.2) is 5.69 Å². The SMILES string of the molecule is CC1(CN)CCN(Cc2ccc(-n3ccc(C(F)(F)F)n3)cc2)C1.Cl. The van der Waals surface area contributed by atoms with Gasteiger partial charge in [0.05, 0.1) is 5.69 Å². The van der Waals surface area contributed by atoms with Gasteiger partial charge >= 0.3 is 6.18 Å². The fourth-order valence-corrected chi connectivity index (χ4v) is 3.06. The summed E-state index contributed by atoms with van der Waals surface area (Å²) in [5, 5.41) is 3.58. The standard InChI is InChI=1S/C17H21F3N4.ClH/c1-16(11-21)7-9-23(12-16)10-13-2-4-14(5-3-13)24-8-6-15(22-24)17(18,19)20;/h2-6,8H,7,9-12,21H2,1H3;1H. The topological polar surface area (TPSA) is 47.1 Å². The molecule has 0 amide bonds. The minimum Gasteiger partial charge on any atom is -0.330 e. The van der Waals surface area contributed by atoms with E-state index in [1.807, 2.05) is 12.1 Å². The molecule has 2 N–H and O–H groups in total. The summed E-state index contributed by atoms with van der Waals surface area (Å²) in [6, 6.07) is 8.43. The Morgan fingerprint density at radius 2 is 1.88 bits per heavy atom. The zero-order valence-corrected chi connectivity index (χ0v) is 14.8. The van der Waals surface area contributed by atoms with Crippen LogP contribution in [0.2, 0.25) is 0 Å². The number of likely N-dealkylation sites (tertiary alicyclic amines) is 1. The molecular formula is C17H22ClF3N4. The molecule has 3 rings (SSSR count). The highest BCUT2D eigenvalue weighted by atomic mass is 35.5. The molecule has 2 heterocycles. The van der Waals surface area contributed by atoms with Gasteiger partial charge in [0.25, 0.3) is 0 Å². The van der Waals surface area contributed by atoms with Crippen LogP contribution in [0.1, 0.15) is 24.6 Å². The quantitative estimate of drug-likeness (QED) is 0.891. The van der Waals surface area contributed by atoms with Crippen LogP contribution in [0.5, 0.6) is 0 Å². The van der Waals surface area contributed by atoms with E-state index in [-0.39, 0.29) is 17.8 Å². The Morgan fingerprint density at radius 3 is 2.40 bits per heavy atom. The average molecular weight is 375 g/mol. The van der Waals surface area contributed by atoms with Crippen molar-refractivity contribution < 1.29 is 13.2 Å². The molecular weight excluding hydrogens is 353 g/mol. The van der Waals surface area contributed by atoms with Crippen molar-refractivity contribution in [3.8, 4) is 5.69 Å². The predicted octanol–water partition coefficient (Wildman–Crippen LogP) is 3.48. The summed E-state index contributed by atoms with van der Waals surface area (Å²) < 4.78 is 39.1. The molecule has 1 aliphatic rings. The molecule has 0 aliphatic carbocycles. The lowest BCUT2D eigenvalue weighted by atomic mass is 9.90. The van der Waals surface area contributed by atoms with Gasteiger partial charge in [-0.2, -0.15) is 18.3 Å². The third-order valence-corrected chi connectivity index (χ3v) is 4.62. The molecule has 2 aromatic rings. The van der Waals surface area contributed by atoms with E-state index < -0.39 is 11.9 Å². The monoisotopic (exact) mass is 374 g/mol.